The van der Waals surface area contributed by atoms with Crippen molar-refractivity contribution in [3.8, 4) is 0 Å². The zero-order valence-electron chi connectivity index (χ0n) is 6.31. The van der Waals surface area contributed by atoms with Gasteiger partial charge >= 0.3 is 0 Å². The van der Waals surface area contributed by atoms with Crippen LogP contribution in [-0.4, -0.2) is 25.0 Å². The molecule has 2 heteroatoms. The van der Waals surface area contributed by atoms with Gasteiger partial charge in [0.2, 0.25) is 0 Å². The Kier molecular flexibility index (Phi) is 16.2. The van der Waals surface area contributed by atoms with Crippen LogP contribution in [0.15, 0.2) is 0 Å². The molecule has 0 heterocycles. The van der Waals surface area contributed by atoms with Gasteiger partial charge in [-0.25, -0.2) is 0 Å². The van der Waals surface area contributed by atoms with Crippen molar-refractivity contribution in [1.82, 2.24) is 4.90 Å². The van der Waals surface area contributed by atoms with Crippen LogP contribution in [0.25, 0.3) is 0 Å². The maximum absolute atomic E-state index is 3.76. The number of nitrogens with zero attached hydrogens (tertiary/aromatic N) is 1. The fraction of sp³-hybridized carbons (Fsp3) is 0.667. The molecule has 0 saturated heterocycles. The van der Waals surface area contributed by atoms with Gasteiger partial charge in [0.05, 0.1) is 0 Å². The molecule has 0 rings (SSSR count). The Labute approximate surface area is 78.7 Å². The third-order valence-electron chi connectivity index (χ3n) is 0.882. The van der Waals surface area contributed by atoms with Crippen LogP contribution in [0.4, 0.5) is 0 Å². The van der Waals surface area contributed by atoms with E-state index in [0.717, 1.165) is 0 Å². The SMILES string of the molecule is [CH2-]C(C)N(C)C.[CH3-].[Y]. The molecular weight excluding hydrogens is 175 g/mol. The fourth-order valence-corrected chi connectivity index (χ4v) is 0. The van der Waals surface area contributed by atoms with Gasteiger partial charge in [-0.05, 0) is 14.1 Å². The van der Waals surface area contributed by atoms with Gasteiger partial charge in [-0.3, -0.25) is 0 Å². The molecule has 0 N–H and O–H groups in total. The molecule has 0 aromatic heterocycles. The number of hydrogen-bond acceptors (Lipinski definition) is 1. The summed E-state index contributed by atoms with van der Waals surface area (Å²) in [6.07, 6.45) is 0. The Balaban J connectivity index is -0.000000125. The van der Waals surface area contributed by atoms with Crippen LogP contribution >= 0.6 is 0 Å². The van der Waals surface area contributed by atoms with Crippen molar-refractivity contribution < 1.29 is 32.7 Å². The van der Waals surface area contributed by atoms with E-state index in [1.165, 1.54) is 0 Å². The number of hydrogen-bond donors (Lipinski definition) is 0. The summed E-state index contributed by atoms with van der Waals surface area (Å²) < 4.78 is 0. The smallest absolute Gasteiger partial charge is 0 e. The van der Waals surface area contributed by atoms with Gasteiger partial charge in [-0.2, -0.15) is 0 Å². The average Bonchev–Trinajstić information content (AvgIpc) is 1.36. The summed E-state index contributed by atoms with van der Waals surface area (Å²) >= 11 is 0. The summed E-state index contributed by atoms with van der Waals surface area (Å²) in [4.78, 5) is 2.06. The van der Waals surface area contributed by atoms with E-state index in [1.54, 1.807) is 0 Å². The van der Waals surface area contributed by atoms with Crippen molar-refractivity contribution in [2.75, 3.05) is 14.1 Å². The monoisotopic (exact) mass is 190 g/mol. The van der Waals surface area contributed by atoms with Gasteiger partial charge in [-0.15, -0.1) is 6.04 Å². The molecular formula is C6H15NY-2. The standard InChI is InChI=1S/C5H12N.CH3.Y/c1-5(2)6(3)4;;/h5H,1H2,2-4H3;1H3;/q2*-1;. The van der Waals surface area contributed by atoms with Gasteiger partial charge in [0.1, 0.15) is 0 Å². The first-order valence-corrected chi connectivity index (χ1v) is 2.14. The third-order valence-corrected chi connectivity index (χ3v) is 0.882. The summed E-state index contributed by atoms with van der Waals surface area (Å²) in [7, 11) is 4.02. The summed E-state index contributed by atoms with van der Waals surface area (Å²) in [6.45, 7) is 5.82. The van der Waals surface area contributed by atoms with E-state index in [0.29, 0.717) is 6.04 Å². The molecule has 8 heavy (non-hydrogen) atoms. The first-order chi connectivity index (χ1) is 2.64. The van der Waals surface area contributed by atoms with Crippen LogP contribution in [0.5, 0.6) is 0 Å². The van der Waals surface area contributed by atoms with Crippen molar-refractivity contribution in [3.05, 3.63) is 14.4 Å². The first-order valence-electron chi connectivity index (χ1n) is 2.14. The molecule has 1 atom stereocenters. The van der Waals surface area contributed by atoms with Crippen LogP contribution < -0.4 is 0 Å². The molecule has 49 valence electrons. The molecule has 0 aromatic carbocycles. The van der Waals surface area contributed by atoms with E-state index >= 15 is 0 Å². The Morgan fingerprint density at radius 3 is 1.50 bits per heavy atom. The predicted molar refractivity (Wildman–Crippen MR) is 34.9 cm³/mol. The summed E-state index contributed by atoms with van der Waals surface area (Å²) in [6, 6.07) is 0.435. The van der Waals surface area contributed by atoms with Crippen molar-refractivity contribution in [2.24, 2.45) is 0 Å². The molecule has 0 aliphatic carbocycles. The van der Waals surface area contributed by atoms with Gasteiger partial charge in [0.25, 0.3) is 0 Å². The van der Waals surface area contributed by atoms with Gasteiger partial charge in [-0.1, -0.05) is 6.92 Å². The Hall–Kier alpha value is 1.06. The molecule has 1 nitrogen and oxygen atoms in total. The third kappa shape index (κ3) is 10.1. The van der Waals surface area contributed by atoms with Gasteiger partial charge in [0.15, 0.2) is 0 Å². The van der Waals surface area contributed by atoms with Crippen molar-refractivity contribution in [2.45, 2.75) is 13.0 Å². The molecule has 0 aromatic rings. The fourth-order valence-electron chi connectivity index (χ4n) is 0. The maximum Gasteiger partial charge on any atom is 0 e. The van der Waals surface area contributed by atoms with Crippen LogP contribution in [0.3, 0.4) is 0 Å². The second-order valence-electron chi connectivity index (χ2n) is 1.81. The quantitative estimate of drug-likeness (QED) is 0.562. The normalized spacial score (nSPS) is 11.6. The zero-order chi connectivity index (χ0) is 5.15. The minimum atomic E-state index is 0. The zero-order valence-corrected chi connectivity index (χ0v) is 9.15. The summed E-state index contributed by atoms with van der Waals surface area (Å²) in [5.41, 5.74) is 0. The van der Waals surface area contributed by atoms with Gasteiger partial charge in [0, 0.05) is 32.7 Å². The van der Waals surface area contributed by atoms with Crippen LogP contribution in [0.2, 0.25) is 0 Å². The van der Waals surface area contributed by atoms with E-state index in [1.807, 2.05) is 14.1 Å². The summed E-state index contributed by atoms with van der Waals surface area (Å²) in [5, 5.41) is 0. The van der Waals surface area contributed by atoms with Crippen LogP contribution in [0, 0.1) is 14.4 Å². The van der Waals surface area contributed by atoms with Crippen molar-refractivity contribution in [3.63, 3.8) is 0 Å². The Bertz CT molecular complexity index is 29.5. The van der Waals surface area contributed by atoms with Crippen molar-refractivity contribution >= 4 is 0 Å². The second kappa shape index (κ2) is 8.06. The minimum absolute atomic E-state index is 0. The van der Waals surface area contributed by atoms with E-state index in [9.17, 15) is 0 Å². The van der Waals surface area contributed by atoms with Crippen molar-refractivity contribution in [1.29, 1.82) is 0 Å². The molecule has 0 amide bonds. The molecule has 0 fully saturated rings. The van der Waals surface area contributed by atoms with Crippen LogP contribution in [-0.2, 0) is 32.7 Å². The molecule has 0 saturated carbocycles. The molecule has 0 aliphatic heterocycles. The number of rotatable bonds is 1. The van der Waals surface area contributed by atoms with E-state index in [2.05, 4.69) is 18.7 Å². The van der Waals surface area contributed by atoms with E-state index in [-0.39, 0.29) is 40.1 Å². The second-order valence-corrected chi connectivity index (χ2v) is 1.81. The van der Waals surface area contributed by atoms with E-state index in [4.69, 9.17) is 0 Å². The van der Waals surface area contributed by atoms with Crippen LogP contribution in [0.1, 0.15) is 6.92 Å². The Morgan fingerprint density at radius 1 is 1.38 bits per heavy atom. The molecule has 1 unspecified atom stereocenters. The van der Waals surface area contributed by atoms with Gasteiger partial charge < -0.3 is 19.3 Å². The maximum atomic E-state index is 3.76. The topological polar surface area (TPSA) is 3.24 Å². The minimum Gasteiger partial charge on any atom is -0.358 e. The molecule has 0 aliphatic rings. The Morgan fingerprint density at radius 2 is 1.50 bits per heavy atom. The predicted octanol–water partition coefficient (Wildman–Crippen LogP) is 1.22. The average molecular weight is 190 g/mol. The molecule has 0 spiro atoms. The van der Waals surface area contributed by atoms with E-state index < -0.39 is 0 Å². The molecule has 1 radical (unpaired) electrons. The summed E-state index contributed by atoms with van der Waals surface area (Å²) in [5.74, 6) is 0. The molecule has 0 bridgehead atoms. The largest absolute Gasteiger partial charge is 0.358 e. The first kappa shape index (κ1) is 16.0.